The third kappa shape index (κ3) is 2.90. The van der Waals surface area contributed by atoms with E-state index in [1.807, 2.05) is 40.4 Å². The smallest absolute Gasteiger partial charge is 0.269 e. The maximum absolute atomic E-state index is 10.5. The molecule has 1 aromatic heterocycles. The minimum atomic E-state index is 0. The van der Waals surface area contributed by atoms with Gasteiger partial charge in [-0.3, -0.25) is 4.79 Å². The molecule has 0 aliphatic rings. The maximum atomic E-state index is 10.5. The lowest BCUT2D eigenvalue weighted by atomic mass is 10.2. The van der Waals surface area contributed by atoms with Crippen molar-refractivity contribution in [3.8, 4) is 10.6 Å². The van der Waals surface area contributed by atoms with Crippen LogP contribution < -0.4 is 21.5 Å². The number of aromatic nitrogens is 1. The lowest BCUT2D eigenvalue weighted by Gasteiger charge is -1.95. The molecule has 0 radical (unpaired) electrons. The molecular formula is C11H9BrClNOS. The predicted octanol–water partition coefficient (Wildman–Crippen LogP) is -0.441. The molecule has 1 heterocycles. The minimum absolute atomic E-state index is 0. The van der Waals surface area contributed by atoms with Gasteiger partial charge in [-0.2, -0.15) is 4.57 Å². The van der Waals surface area contributed by atoms with E-state index in [1.54, 1.807) is 11.3 Å². The van der Waals surface area contributed by atoms with E-state index in [0.717, 1.165) is 21.9 Å². The topological polar surface area (TPSA) is 20.9 Å². The molecule has 0 spiro atoms. The van der Waals surface area contributed by atoms with Gasteiger partial charge in [0.1, 0.15) is 0 Å². The first-order valence-electron chi connectivity index (χ1n) is 4.48. The van der Waals surface area contributed by atoms with Crippen LogP contribution >= 0.6 is 22.9 Å². The van der Waals surface area contributed by atoms with Crippen LogP contribution in [0.5, 0.6) is 0 Å². The van der Waals surface area contributed by atoms with E-state index in [1.165, 1.54) is 0 Å². The number of thiazole rings is 1. The lowest BCUT2D eigenvalue weighted by molar-refractivity contribution is -0.667. The van der Waals surface area contributed by atoms with Crippen LogP contribution in [0.2, 0.25) is 5.02 Å². The highest BCUT2D eigenvalue weighted by molar-refractivity contribution is 7.12. The summed E-state index contributed by atoms with van der Waals surface area (Å²) in [6.07, 6.45) is 2.80. The zero-order chi connectivity index (χ0) is 10.7. The van der Waals surface area contributed by atoms with E-state index >= 15 is 0 Å². The van der Waals surface area contributed by atoms with Crippen molar-refractivity contribution in [2.75, 3.05) is 0 Å². The Hall–Kier alpha value is -0.710. The minimum Gasteiger partial charge on any atom is -1.00 e. The molecule has 0 atom stereocenters. The number of benzene rings is 1. The van der Waals surface area contributed by atoms with Gasteiger partial charge in [0.2, 0.25) is 6.54 Å². The third-order valence-electron chi connectivity index (χ3n) is 2.04. The van der Waals surface area contributed by atoms with Crippen LogP contribution in [0.25, 0.3) is 10.6 Å². The van der Waals surface area contributed by atoms with Gasteiger partial charge >= 0.3 is 0 Å². The second kappa shape index (κ2) is 6.13. The normalized spacial score (nSPS) is 9.56. The Labute approximate surface area is 113 Å². The monoisotopic (exact) mass is 317 g/mol. The summed E-state index contributed by atoms with van der Waals surface area (Å²) in [5.74, 6) is 0. The number of halogens is 2. The van der Waals surface area contributed by atoms with Crippen LogP contribution in [0.1, 0.15) is 0 Å². The second-order valence-corrected chi connectivity index (χ2v) is 4.37. The number of carbonyl (C=O) groups excluding carboxylic acids is 1. The molecule has 0 N–H and O–H groups in total. The van der Waals surface area contributed by atoms with Crippen LogP contribution in [-0.4, -0.2) is 6.29 Å². The van der Waals surface area contributed by atoms with Gasteiger partial charge < -0.3 is 17.0 Å². The van der Waals surface area contributed by atoms with Crippen molar-refractivity contribution in [2.24, 2.45) is 0 Å². The fourth-order valence-electron chi connectivity index (χ4n) is 1.35. The summed E-state index contributed by atoms with van der Waals surface area (Å²) in [4.78, 5) is 10.5. The number of aldehydes is 1. The zero-order valence-corrected chi connectivity index (χ0v) is 11.4. The highest BCUT2D eigenvalue weighted by Gasteiger charge is 2.13. The van der Waals surface area contributed by atoms with E-state index in [0.29, 0.717) is 6.54 Å². The largest absolute Gasteiger partial charge is 1.00 e. The first kappa shape index (κ1) is 13.4. The maximum Gasteiger partial charge on any atom is 0.269 e. The van der Waals surface area contributed by atoms with Crippen molar-refractivity contribution in [3.63, 3.8) is 0 Å². The molecule has 0 fully saturated rings. The number of rotatable bonds is 3. The molecule has 0 aliphatic carbocycles. The summed E-state index contributed by atoms with van der Waals surface area (Å²) >= 11 is 7.42. The van der Waals surface area contributed by atoms with E-state index < -0.39 is 0 Å². The van der Waals surface area contributed by atoms with Gasteiger partial charge in [0, 0.05) is 5.02 Å². The van der Waals surface area contributed by atoms with Crippen molar-refractivity contribution in [1.29, 1.82) is 0 Å². The molecule has 0 unspecified atom stereocenters. The fraction of sp³-hybridized carbons (Fsp3) is 0.0909. The first-order chi connectivity index (χ1) is 7.31. The van der Waals surface area contributed by atoms with Crippen LogP contribution in [-0.2, 0) is 11.3 Å². The molecule has 1 aromatic carbocycles. The molecule has 0 bridgehead atoms. The van der Waals surface area contributed by atoms with Gasteiger partial charge in [0.05, 0.1) is 10.9 Å². The van der Waals surface area contributed by atoms with Crippen LogP contribution in [0, 0.1) is 0 Å². The Morgan fingerprint density at radius 3 is 2.62 bits per heavy atom. The van der Waals surface area contributed by atoms with Gasteiger partial charge in [-0.05, 0) is 24.3 Å². The predicted molar refractivity (Wildman–Crippen MR) is 61.0 cm³/mol. The van der Waals surface area contributed by atoms with E-state index in [9.17, 15) is 4.79 Å². The van der Waals surface area contributed by atoms with Crippen LogP contribution in [0.4, 0.5) is 0 Å². The zero-order valence-electron chi connectivity index (χ0n) is 8.27. The average Bonchev–Trinajstić information content (AvgIpc) is 2.68. The van der Waals surface area contributed by atoms with Gasteiger partial charge in [0.15, 0.2) is 12.5 Å². The summed E-state index contributed by atoms with van der Waals surface area (Å²) < 4.78 is 1.92. The third-order valence-corrected chi connectivity index (χ3v) is 3.25. The van der Waals surface area contributed by atoms with Crippen molar-refractivity contribution in [1.82, 2.24) is 0 Å². The Kier molecular flexibility index (Phi) is 5.12. The number of hydrogen-bond acceptors (Lipinski definition) is 2. The van der Waals surface area contributed by atoms with Crippen molar-refractivity contribution >= 4 is 29.2 Å². The lowest BCUT2D eigenvalue weighted by Crippen LogP contribution is -3.00. The molecular weight excluding hydrogens is 310 g/mol. The summed E-state index contributed by atoms with van der Waals surface area (Å²) in [6.45, 7) is 0.390. The van der Waals surface area contributed by atoms with Crippen LogP contribution in [0.3, 0.4) is 0 Å². The van der Waals surface area contributed by atoms with E-state index in [2.05, 4.69) is 0 Å². The quantitative estimate of drug-likeness (QED) is 0.555. The van der Waals surface area contributed by atoms with Gasteiger partial charge in [0.25, 0.3) is 5.01 Å². The van der Waals surface area contributed by atoms with Crippen molar-refractivity contribution in [3.05, 3.63) is 40.9 Å². The van der Waals surface area contributed by atoms with Crippen molar-refractivity contribution in [2.45, 2.75) is 6.54 Å². The molecule has 0 aliphatic heterocycles. The molecule has 2 nitrogen and oxygen atoms in total. The first-order valence-corrected chi connectivity index (χ1v) is 5.73. The van der Waals surface area contributed by atoms with E-state index in [-0.39, 0.29) is 17.0 Å². The van der Waals surface area contributed by atoms with Crippen LogP contribution in [0.15, 0.2) is 35.8 Å². The molecule has 0 saturated carbocycles. The van der Waals surface area contributed by atoms with Crippen molar-refractivity contribution < 1.29 is 26.3 Å². The molecule has 2 aromatic rings. The Morgan fingerprint density at radius 2 is 2.00 bits per heavy atom. The highest BCUT2D eigenvalue weighted by atomic mass is 79.9. The summed E-state index contributed by atoms with van der Waals surface area (Å²) in [5.41, 5.74) is 1.08. The highest BCUT2D eigenvalue weighted by Crippen LogP contribution is 2.21. The standard InChI is InChI=1S/C11H9ClNOS.BrH/c12-10-3-1-9(2-4-10)11-13(5-7-14)6-8-15-11;/h1-4,6-8H,5H2;1H/q+1;/p-1. The van der Waals surface area contributed by atoms with Gasteiger partial charge in [-0.25, -0.2) is 0 Å². The number of nitrogens with zero attached hydrogens (tertiary/aromatic N) is 1. The molecule has 16 heavy (non-hydrogen) atoms. The fourth-order valence-corrected chi connectivity index (χ4v) is 2.36. The second-order valence-electron chi connectivity index (χ2n) is 3.03. The molecule has 2 rings (SSSR count). The Bertz CT molecular complexity index is 469. The average molecular weight is 319 g/mol. The molecule has 0 saturated heterocycles. The summed E-state index contributed by atoms with van der Waals surface area (Å²) in [7, 11) is 0. The SMILES string of the molecule is O=CC[n+]1ccsc1-c1ccc(Cl)cc1.[Br-]. The van der Waals surface area contributed by atoms with E-state index in [4.69, 9.17) is 11.6 Å². The summed E-state index contributed by atoms with van der Waals surface area (Å²) in [5, 5.41) is 3.75. The number of carbonyl (C=O) groups is 1. The molecule has 0 amide bonds. The Balaban J connectivity index is 0.00000128. The summed E-state index contributed by atoms with van der Waals surface area (Å²) in [6, 6.07) is 7.61. The molecule has 84 valence electrons. The number of hydrogen-bond donors (Lipinski definition) is 0. The molecule has 5 heteroatoms. The van der Waals surface area contributed by atoms with Gasteiger partial charge in [-0.1, -0.05) is 22.9 Å². The van der Waals surface area contributed by atoms with Gasteiger partial charge in [-0.15, -0.1) is 0 Å². The Morgan fingerprint density at radius 1 is 1.31 bits per heavy atom.